The maximum atomic E-state index is 12.1. The van der Waals surface area contributed by atoms with Gasteiger partial charge in [0.15, 0.2) is 0 Å². The van der Waals surface area contributed by atoms with Gasteiger partial charge in [-0.3, -0.25) is 4.79 Å². The summed E-state index contributed by atoms with van der Waals surface area (Å²) in [7, 11) is 1.68. The second kappa shape index (κ2) is 10.4. The first-order chi connectivity index (χ1) is 10.1. The van der Waals surface area contributed by atoms with E-state index in [-0.39, 0.29) is 11.8 Å². The molecule has 118 valence electrons. The summed E-state index contributed by atoms with van der Waals surface area (Å²) in [6.07, 6.45) is 0.541. The average Bonchev–Trinajstić information content (AvgIpc) is 2.49. The van der Waals surface area contributed by atoms with Gasteiger partial charge < -0.3 is 15.4 Å². The molecule has 0 bridgehead atoms. The van der Waals surface area contributed by atoms with Crippen LogP contribution in [0.1, 0.15) is 31.7 Å². The molecule has 1 atom stereocenters. The molecule has 1 rings (SSSR count). The van der Waals surface area contributed by atoms with Crippen molar-refractivity contribution in [3.63, 3.8) is 0 Å². The van der Waals surface area contributed by atoms with Gasteiger partial charge in [0.1, 0.15) is 0 Å². The molecular formula is C17H28N2O2. The van der Waals surface area contributed by atoms with E-state index in [9.17, 15) is 4.79 Å². The molecule has 0 fully saturated rings. The summed E-state index contributed by atoms with van der Waals surface area (Å²) >= 11 is 0. The summed E-state index contributed by atoms with van der Waals surface area (Å²) in [5.41, 5.74) is 1.24. The van der Waals surface area contributed by atoms with E-state index in [1.54, 1.807) is 7.11 Å². The Morgan fingerprint density at radius 3 is 2.48 bits per heavy atom. The lowest BCUT2D eigenvalue weighted by atomic mass is 9.85. The van der Waals surface area contributed by atoms with Gasteiger partial charge in [-0.15, -0.1) is 0 Å². The van der Waals surface area contributed by atoms with Crippen LogP contribution in [-0.2, 0) is 9.53 Å². The van der Waals surface area contributed by atoms with Crippen LogP contribution in [0.4, 0.5) is 0 Å². The zero-order valence-electron chi connectivity index (χ0n) is 13.4. The second-order valence-electron chi connectivity index (χ2n) is 5.56. The van der Waals surface area contributed by atoms with Gasteiger partial charge in [0, 0.05) is 33.2 Å². The molecule has 4 heteroatoms. The van der Waals surface area contributed by atoms with E-state index in [1.807, 2.05) is 18.2 Å². The normalized spacial score (nSPS) is 12.4. The van der Waals surface area contributed by atoms with Gasteiger partial charge >= 0.3 is 0 Å². The van der Waals surface area contributed by atoms with Gasteiger partial charge in [0.2, 0.25) is 5.91 Å². The highest BCUT2D eigenvalue weighted by Gasteiger charge is 2.19. The molecule has 1 aromatic rings. The third-order valence-electron chi connectivity index (χ3n) is 3.54. The first-order valence-electron chi connectivity index (χ1n) is 7.66. The highest BCUT2D eigenvalue weighted by Crippen LogP contribution is 2.27. The largest absolute Gasteiger partial charge is 0.383 e. The molecule has 0 heterocycles. The van der Waals surface area contributed by atoms with E-state index in [0.29, 0.717) is 25.5 Å². The quantitative estimate of drug-likeness (QED) is 0.650. The third-order valence-corrected chi connectivity index (χ3v) is 3.54. The number of rotatable bonds is 10. The van der Waals surface area contributed by atoms with Crippen molar-refractivity contribution in [1.82, 2.24) is 10.6 Å². The van der Waals surface area contributed by atoms with Crippen molar-refractivity contribution in [3.8, 4) is 0 Å². The predicted octanol–water partition coefficient (Wildman–Crippen LogP) is 2.17. The summed E-state index contributed by atoms with van der Waals surface area (Å²) in [4.78, 5) is 12.1. The highest BCUT2D eigenvalue weighted by molar-refractivity contribution is 5.76. The molecule has 1 amide bonds. The number of methoxy groups -OCH3 is 1. The lowest BCUT2D eigenvalue weighted by Gasteiger charge is -2.21. The Hall–Kier alpha value is -1.39. The minimum absolute atomic E-state index is 0.117. The topological polar surface area (TPSA) is 50.4 Å². The van der Waals surface area contributed by atoms with E-state index in [1.165, 1.54) is 5.56 Å². The lowest BCUT2D eigenvalue weighted by Crippen LogP contribution is -2.34. The number of nitrogens with one attached hydrogen (secondary N) is 2. The fourth-order valence-electron chi connectivity index (χ4n) is 2.30. The fraction of sp³-hybridized carbons (Fsp3) is 0.588. The van der Waals surface area contributed by atoms with E-state index in [4.69, 9.17) is 4.74 Å². The average molecular weight is 292 g/mol. The highest BCUT2D eigenvalue weighted by atomic mass is 16.5. The van der Waals surface area contributed by atoms with Crippen molar-refractivity contribution >= 4 is 5.91 Å². The molecule has 1 unspecified atom stereocenters. The molecule has 1 aromatic carbocycles. The maximum Gasteiger partial charge on any atom is 0.220 e. The van der Waals surface area contributed by atoms with Crippen molar-refractivity contribution in [2.75, 3.05) is 33.4 Å². The van der Waals surface area contributed by atoms with Gasteiger partial charge in [-0.2, -0.15) is 0 Å². The first kappa shape index (κ1) is 17.7. The standard InChI is InChI=1S/C17H28N2O2/c1-14(2)16(15-7-5-4-6-8-15)13-17(20)19-10-9-18-11-12-21-3/h4-8,14,16,18H,9-13H2,1-3H3,(H,19,20). The summed E-state index contributed by atoms with van der Waals surface area (Å²) in [6, 6.07) is 10.3. The number of hydrogen-bond acceptors (Lipinski definition) is 3. The molecule has 4 nitrogen and oxygen atoms in total. The number of hydrogen-bond donors (Lipinski definition) is 2. The van der Waals surface area contributed by atoms with E-state index >= 15 is 0 Å². The molecule has 0 radical (unpaired) electrons. The zero-order valence-corrected chi connectivity index (χ0v) is 13.4. The lowest BCUT2D eigenvalue weighted by molar-refractivity contribution is -0.121. The Morgan fingerprint density at radius 1 is 1.14 bits per heavy atom. The Morgan fingerprint density at radius 2 is 1.86 bits per heavy atom. The third kappa shape index (κ3) is 7.25. The molecule has 0 aliphatic carbocycles. The minimum atomic E-state index is 0.117. The monoisotopic (exact) mass is 292 g/mol. The van der Waals surface area contributed by atoms with Crippen molar-refractivity contribution in [2.45, 2.75) is 26.2 Å². The fourth-order valence-corrected chi connectivity index (χ4v) is 2.30. The van der Waals surface area contributed by atoms with Gasteiger partial charge in [-0.25, -0.2) is 0 Å². The summed E-state index contributed by atoms with van der Waals surface area (Å²) in [5.74, 6) is 0.830. The van der Waals surface area contributed by atoms with Gasteiger partial charge in [0.25, 0.3) is 0 Å². The van der Waals surface area contributed by atoms with E-state index < -0.39 is 0 Å². The minimum Gasteiger partial charge on any atom is -0.383 e. The Balaban J connectivity index is 2.33. The molecular weight excluding hydrogens is 264 g/mol. The molecule has 0 spiro atoms. The Kier molecular flexibility index (Phi) is 8.71. The van der Waals surface area contributed by atoms with Crippen molar-refractivity contribution in [3.05, 3.63) is 35.9 Å². The molecule has 21 heavy (non-hydrogen) atoms. The van der Waals surface area contributed by atoms with Crippen LogP contribution in [0.25, 0.3) is 0 Å². The van der Waals surface area contributed by atoms with Crippen molar-refractivity contribution < 1.29 is 9.53 Å². The van der Waals surface area contributed by atoms with E-state index in [0.717, 1.165) is 13.1 Å². The number of carbonyl (C=O) groups excluding carboxylic acids is 1. The molecule has 0 saturated carbocycles. The molecule has 2 N–H and O–H groups in total. The first-order valence-corrected chi connectivity index (χ1v) is 7.66. The van der Waals surface area contributed by atoms with Crippen LogP contribution in [0.15, 0.2) is 30.3 Å². The Labute approximate surface area is 128 Å². The Bertz CT molecular complexity index is 393. The maximum absolute atomic E-state index is 12.1. The van der Waals surface area contributed by atoms with Crippen molar-refractivity contribution in [1.29, 1.82) is 0 Å². The number of amides is 1. The molecule has 0 aromatic heterocycles. The number of carbonyl (C=O) groups is 1. The molecule has 0 aliphatic rings. The summed E-state index contributed by atoms with van der Waals surface area (Å²) in [6.45, 7) is 7.26. The van der Waals surface area contributed by atoms with Gasteiger partial charge in [-0.1, -0.05) is 44.2 Å². The van der Waals surface area contributed by atoms with Crippen LogP contribution in [0.5, 0.6) is 0 Å². The second-order valence-corrected chi connectivity index (χ2v) is 5.56. The van der Waals surface area contributed by atoms with Crippen molar-refractivity contribution in [2.24, 2.45) is 5.92 Å². The molecule has 0 aliphatic heterocycles. The van der Waals surface area contributed by atoms with Gasteiger partial charge in [0.05, 0.1) is 6.61 Å². The van der Waals surface area contributed by atoms with E-state index in [2.05, 4.69) is 36.6 Å². The predicted molar refractivity (Wildman–Crippen MR) is 86.4 cm³/mol. The van der Waals surface area contributed by atoms with Crippen LogP contribution in [0, 0.1) is 5.92 Å². The smallest absolute Gasteiger partial charge is 0.220 e. The van der Waals surface area contributed by atoms with Crippen LogP contribution in [-0.4, -0.2) is 39.3 Å². The van der Waals surface area contributed by atoms with Crippen LogP contribution in [0.3, 0.4) is 0 Å². The van der Waals surface area contributed by atoms with Gasteiger partial charge in [-0.05, 0) is 17.4 Å². The summed E-state index contributed by atoms with van der Waals surface area (Å²) in [5, 5.41) is 6.18. The summed E-state index contributed by atoms with van der Waals surface area (Å²) < 4.78 is 4.95. The SMILES string of the molecule is COCCNCCNC(=O)CC(c1ccccc1)C(C)C. The van der Waals surface area contributed by atoms with Crippen LogP contribution < -0.4 is 10.6 Å². The zero-order chi connectivity index (χ0) is 15.5. The van der Waals surface area contributed by atoms with Crippen LogP contribution >= 0.6 is 0 Å². The number of ether oxygens (including phenoxy) is 1. The van der Waals surface area contributed by atoms with Crippen LogP contribution in [0.2, 0.25) is 0 Å². The molecule has 0 saturated heterocycles. The number of benzene rings is 1.